The molecule has 1 amide bonds. The summed E-state index contributed by atoms with van der Waals surface area (Å²) in [5.41, 5.74) is 2.24. The van der Waals surface area contributed by atoms with E-state index in [0.29, 0.717) is 5.69 Å². The molecule has 23 heavy (non-hydrogen) atoms. The lowest BCUT2D eigenvalue weighted by Gasteiger charge is -2.19. The van der Waals surface area contributed by atoms with E-state index in [4.69, 9.17) is 0 Å². The average Bonchev–Trinajstić information content (AvgIpc) is 2.59. The van der Waals surface area contributed by atoms with Gasteiger partial charge in [0.15, 0.2) is 0 Å². The van der Waals surface area contributed by atoms with Gasteiger partial charge in [-0.25, -0.2) is 4.98 Å². The molecule has 122 valence electrons. The summed E-state index contributed by atoms with van der Waals surface area (Å²) in [6.45, 7) is 4.34. The second-order valence-corrected chi connectivity index (χ2v) is 5.51. The Labute approximate surface area is 136 Å². The minimum Gasteiger partial charge on any atom is -0.391 e. The van der Waals surface area contributed by atoms with Gasteiger partial charge in [-0.3, -0.25) is 9.78 Å². The number of nitrogens with zero attached hydrogens (tertiary/aromatic N) is 2. The summed E-state index contributed by atoms with van der Waals surface area (Å²) in [5.74, 6) is -0.0319. The number of carbonyl (C=O) groups is 1. The smallest absolute Gasteiger partial charge is 0.244 e. The number of benzene rings is 1. The van der Waals surface area contributed by atoms with E-state index in [-0.39, 0.29) is 18.4 Å². The standard InChI is InChI=1S/C18H23N3O2/c1-3-13(4-2)17(22)12-20-18(23)10-9-14-11-19-15-7-5-6-8-16(15)21-14/h5-11,13,17,22H,3-4,12H2,1-2H3,(H,20,23)/b10-9+. The zero-order valence-corrected chi connectivity index (χ0v) is 13.6. The largest absolute Gasteiger partial charge is 0.391 e. The fraction of sp³-hybridized carbons (Fsp3) is 0.389. The number of nitrogens with one attached hydrogen (secondary N) is 1. The van der Waals surface area contributed by atoms with E-state index in [1.54, 1.807) is 12.3 Å². The number of hydrogen-bond acceptors (Lipinski definition) is 4. The average molecular weight is 313 g/mol. The van der Waals surface area contributed by atoms with Crippen LogP contribution in [0.1, 0.15) is 32.4 Å². The molecule has 2 aromatic rings. The zero-order valence-electron chi connectivity index (χ0n) is 13.6. The number of rotatable bonds is 7. The van der Waals surface area contributed by atoms with Crippen molar-refractivity contribution in [3.63, 3.8) is 0 Å². The van der Waals surface area contributed by atoms with E-state index in [9.17, 15) is 9.90 Å². The first-order valence-corrected chi connectivity index (χ1v) is 7.99. The second kappa shape index (κ2) is 8.39. The van der Waals surface area contributed by atoms with Gasteiger partial charge in [-0.2, -0.15) is 0 Å². The Kier molecular flexibility index (Phi) is 6.23. The van der Waals surface area contributed by atoms with Crippen LogP contribution in [-0.2, 0) is 4.79 Å². The molecule has 1 aromatic carbocycles. The van der Waals surface area contributed by atoms with E-state index >= 15 is 0 Å². The summed E-state index contributed by atoms with van der Waals surface area (Å²) in [7, 11) is 0. The normalized spacial score (nSPS) is 12.9. The molecule has 0 aliphatic carbocycles. The molecular weight excluding hydrogens is 290 g/mol. The van der Waals surface area contributed by atoms with E-state index in [0.717, 1.165) is 23.9 Å². The Bertz CT molecular complexity index is 681. The molecule has 2 N–H and O–H groups in total. The maximum Gasteiger partial charge on any atom is 0.244 e. The Balaban J connectivity index is 1.92. The molecule has 0 aliphatic rings. The van der Waals surface area contributed by atoms with Gasteiger partial charge in [0.1, 0.15) is 0 Å². The van der Waals surface area contributed by atoms with Crippen LogP contribution in [0.4, 0.5) is 0 Å². The third-order valence-corrected chi connectivity index (χ3v) is 3.95. The van der Waals surface area contributed by atoms with Gasteiger partial charge in [0.05, 0.1) is 29.0 Å². The first-order valence-electron chi connectivity index (χ1n) is 7.99. The summed E-state index contributed by atoms with van der Waals surface area (Å²) < 4.78 is 0. The van der Waals surface area contributed by atoms with Crippen LogP contribution in [0.3, 0.4) is 0 Å². The van der Waals surface area contributed by atoms with Crippen molar-refractivity contribution in [2.24, 2.45) is 5.92 Å². The van der Waals surface area contributed by atoms with Crippen molar-refractivity contribution in [2.45, 2.75) is 32.8 Å². The maximum atomic E-state index is 11.8. The van der Waals surface area contributed by atoms with Crippen LogP contribution in [0.15, 0.2) is 36.5 Å². The maximum absolute atomic E-state index is 11.8. The Hall–Kier alpha value is -2.27. The lowest BCUT2D eigenvalue weighted by Crippen LogP contribution is -2.35. The van der Waals surface area contributed by atoms with Crippen molar-refractivity contribution >= 4 is 23.0 Å². The zero-order chi connectivity index (χ0) is 16.7. The molecule has 0 bridgehead atoms. The molecule has 5 heteroatoms. The third-order valence-electron chi connectivity index (χ3n) is 3.95. The lowest BCUT2D eigenvalue weighted by atomic mass is 9.96. The van der Waals surface area contributed by atoms with Crippen LogP contribution in [-0.4, -0.2) is 33.6 Å². The molecule has 1 unspecified atom stereocenters. The van der Waals surface area contributed by atoms with Crippen LogP contribution in [0.2, 0.25) is 0 Å². The fourth-order valence-electron chi connectivity index (χ4n) is 2.48. The van der Waals surface area contributed by atoms with Crippen molar-refractivity contribution in [3.8, 4) is 0 Å². The number of hydrogen-bond donors (Lipinski definition) is 2. The van der Waals surface area contributed by atoms with Crippen LogP contribution in [0, 0.1) is 5.92 Å². The highest BCUT2D eigenvalue weighted by Crippen LogP contribution is 2.12. The Morgan fingerprint density at radius 3 is 2.65 bits per heavy atom. The van der Waals surface area contributed by atoms with Crippen molar-refractivity contribution in [1.29, 1.82) is 0 Å². The van der Waals surface area contributed by atoms with Crippen LogP contribution < -0.4 is 5.32 Å². The molecule has 1 atom stereocenters. The number of aliphatic hydroxyl groups is 1. The van der Waals surface area contributed by atoms with Crippen molar-refractivity contribution in [1.82, 2.24) is 15.3 Å². The minimum atomic E-state index is -0.511. The topological polar surface area (TPSA) is 75.1 Å². The lowest BCUT2D eigenvalue weighted by molar-refractivity contribution is -0.117. The number of para-hydroxylation sites is 2. The fourth-order valence-corrected chi connectivity index (χ4v) is 2.48. The number of carbonyl (C=O) groups excluding carboxylic acids is 1. The van der Waals surface area contributed by atoms with Gasteiger partial charge in [0.25, 0.3) is 0 Å². The van der Waals surface area contributed by atoms with E-state index < -0.39 is 6.10 Å². The Morgan fingerprint density at radius 1 is 1.26 bits per heavy atom. The first kappa shape index (κ1) is 17.1. The Morgan fingerprint density at radius 2 is 1.96 bits per heavy atom. The summed E-state index contributed by atoms with van der Waals surface area (Å²) in [4.78, 5) is 20.5. The highest BCUT2D eigenvalue weighted by Gasteiger charge is 2.15. The molecular formula is C18H23N3O2. The number of aromatic nitrogens is 2. The molecule has 5 nitrogen and oxygen atoms in total. The molecule has 0 spiro atoms. The highest BCUT2D eigenvalue weighted by atomic mass is 16.3. The van der Waals surface area contributed by atoms with E-state index in [1.165, 1.54) is 6.08 Å². The van der Waals surface area contributed by atoms with Gasteiger partial charge in [-0.15, -0.1) is 0 Å². The van der Waals surface area contributed by atoms with Gasteiger partial charge in [0, 0.05) is 12.6 Å². The second-order valence-electron chi connectivity index (χ2n) is 5.51. The SMILES string of the molecule is CCC(CC)C(O)CNC(=O)/C=C/c1cnc2ccccc2n1. The predicted octanol–water partition coefficient (Wildman–Crippen LogP) is 2.56. The number of fused-ring (bicyclic) bond motifs is 1. The van der Waals surface area contributed by atoms with Crippen molar-refractivity contribution in [2.75, 3.05) is 6.54 Å². The molecule has 1 aromatic heterocycles. The molecule has 0 fully saturated rings. The van der Waals surface area contributed by atoms with Crippen LogP contribution >= 0.6 is 0 Å². The van der Waals surface area contributed by atoms with Gasteiger partial charge in [0.2, 0.25) is 5.91 Å². The molecule has 0 saturated heterocycles. The molecule has 0 aliphatic heterocycles. The first-order chi connectivity index (χ1) is 11.1. The van der Waals surface area contributed by atoms with Crippen molar-refractivity contribution < 1.29 is 9.90 Å². The van der Waals surface area contributed by atoms with Gasteiger partial charge >= 0.3 is 0 Å². The molecule has 0 radical (unpaired) electrons. The summed E-state index contributed by atoms with van der Waals surface area (Å²) in [6, 6.07) is 7.58. The minimum absolute atomic E-state index is 0.214. The van der Waals surface area contributed by atoms with E-state index in [2.05, 4.69) is 15.3 Å². The number of amides is 1. The highest BCUT2D eigenvalue weighted by molar-refractivity contribution is 5.91. The molecule has 0 saturated carbocycles. The van der Waals surface area contributed by atoms with Crippen LogP contribution in [0.5, 0.6) is 0 Å². The quantitative estimate of drug-likeness (QED) is 0.770. The van der Waals surface area contributed by atoms with Gasteiger partial charge in [-0.1, -0.05) is 38.8 Å². The van der Waals surface area contributed by atoms with Gasteiger partial charge in [-0.05, 0) is 24.1 Å². The van der Waals surface area contributed by atoms with E-state index in [1.807, 2.05) is 38.1 Å². The monoisotopic (exact) mass is 313 g/mol. The summed E-state index contributed by atoms with van der Waals surface area (Å²) in [6.07, 6.45) is 5.95. The van der Waals surface area contributed by atoms with Crippen molar-refractivity contribution in [3.05, 3.63) is 42.2 Å². The summed E-state index contributed by atoms with van der Waals surface area (Å²) in [5, 5.41) is 12.7. The molecule has 2 rings (SSSR count). The third kappa shape index (κ3) is 4.86. The number of aliphatic hydroxyl groups excluding tert-OH is 1. The van der Waals surface area contributed by atoms with Crippen LogP contribution in [0.25, 0.3) is 17.1 Å². The molecule has 1 heterocycles. The predicted molar refractivity (Wildman–Crippen MR) is 91.7 cm³/mol. The summed E-state index contributed by atoms with van der Waals surface area (Å²) >= 11 is 0. The van der Waals surface area contributed by atoms with Gasteiger partial charge < -0.3 is 10.4 Å².